The number of furan rings is 1. The van der Waals surface area contributed by atoms with Crippen molar-refractivity contribution in [1.29, 1.82) is 0 Å². The summed E-state index contributed by atoms with van der Waals surface area (Å²) in [7, 11) is 1.30. The molecule has 0 bridgehead atoms. The normalized spacial score (nSPS) is 19.2. The van der Waals surface area contributed by atoms with Crippen molar-refractivity contribution < 1.29 is 18.8 Å². The van der Waals surface area contributed by atoms with E-state index in [0.717, 1.165) is 4.90 Å². The zero-order valence-electron chi connectivity index (χ0n) is 8.39. The molecule has 1 fully saturated rings. The molecule has 82 valence electrons. The van der Waals surface area contributed by atoms with Crippen molar-refractivity contribution in [2.75, 3.05) is 7.05 Å². The second-order valence-electron chi connectivity index (χ2n) is 3.24. The van der Waals surface area contributed by atoms with Crippen LogP contribution in [0.4, 0.5) is 4.79 Å². The highest BCUT2D eigenvalue weighted by Crippen LogP contribution is 2.13. The van der Waals surface area contributed by atoms with Gasteiger partial charge in [0.2, 0.25) is 0 Å². The Hall–Kier alpha value is -2.37. The molecular formula is C10H8N2O4. The third-order valence-electron chi connectivity index (χ3n) is 2.16. The summed E-state index contributed by atoms with van der Waals surface area (Å²) in [5.74, 6) is -1.33. The highest BCUT2D eigenvalue weighted by atomic mass is 16.3. The van der Waals surface area contributed by atoms with Gasteiger partial charge in [0, 0.05) is 12.6 Å². The molecule has 2 heterocycles. The Morgan fingerprint density at radius 1 is 1.38 bits per heavy atom. The molecule has 0 saturated carbocycles. The summed E-state index contributed by atoms with van der Waals surface area (Å²) in [4.78, 5) is 35.0. The fourth-order valence-electron chi connectivity index (χ4n) is 1.27. The molecule has 1 aromatic heterocycles. The van der Waals surface area contributed by atoms with Gasteiger partial charge in [0.05, 0.1) is 12.5 Å². The van der Waals surface area contributed by atoms with Gasteiger partial charge in [0.25, 0.3) is 11.8 Å². The van der Waals surface area contributed by atoms with E-state index < -0.39 is 17.8 Å². The van der Waals surface area contributed by atoms with Crippen molar-refractivity contribution in [3.63, 3.8) is 0 Å². The maximum atomic E-state index is 11.6. The number of likely N-dealkylation sites (N-methyl/N-ethyl adjacent to an activating group) is 1. The Balaban J connectivity index is 2.37. The fraction of sp³-hybridized carbons (Fsp3) is 0.100. The number of carbonyl (C=O) groups excluding carboxylic acids is 3. The quantitative estimate of drug-likeness (QED) is 0.547. The molecule has 1 aliphatic rings. The molecular weight excluding hydrogens is 212 g/mol. The maximum Gasteiger partial charge on any atom is 0.331 e. The monoisotopic (exact) mass is 220 g/mol. The number of hydrogen-bond donors (Lipinski definition) is 1. The first kappa shape index (κ1) is 10.2. The Labute approximate surface area is 90.5 Å². The lowest BCUT2D eigenvalue weighted by Crippen LogP contribution is -2.52. The number of nitrogens with one attached hydrogen (secondary N) is 1. The molecule has 0 atom stereocenters. The molecule has 0 radical (unpaired) electrons. The van der Waals surface area contributed by atoms with Crippen LogP contribution in [0, 0.1) is 0 Å². The van der Waals surface area contributed by atoms with Gasteiger partial charge in [-0.05, 0) is 12.1 Å². The molecule has 6 heteroatoms. The van der Waals surface area contributed by atoms with Crippen LogP contribution in [0.15, 0.2) is 28.6 Å². The average Bonchev–Trinajstić information content (AvgIpc) is 2.74. The topological polar surface area (TPSA) is 79.6 Å². The van der Waals surface area contributed by atoms with E-state index in [2.05, 4.69) is 5.32 Å². The molecule has 0 aliphatic carbocycles. The lowest BCUT2D eigenvalue weighted by atomic mass is 10.1. The van der Waals surface area contributed by atoms with E-state index in [1.165, 1.54) is 25.7 Å². The van der Waals surface area contributed by atoms with Crippen LogP contribution in [0.2, 0.25) is 0 Å². The van der Waals surface area contributed by atoms with Crippen molar-refractivity contribution in [3.8, 4) is 0 Å². The standard InChI is InChI=1S/C10H8N2O4/c1-12-9(14)7(8(13)11-10(12)15)4-6-2-3-16-5-6/h2-5H,1H3,(H,11,13,15). The summed E-state index contributed by atoms with van der Waals surface area (Å²) in [5, 5.41) is 2.05. The number of rotatable bonds is 1. The van der Waals surface area contributed by atoms with Gasteiger partial charge in [0.1, 0.15) is 5.57 Å². The summed E-state index contributed by atoms with van der Waals surface area (Å²) < 4.78 is 4.81. The molecule has 1 aliphatic heterocycles. The minimum Gasteiger partial charge on any atom is -0.472 e. The van der Waals surface area contributed by atoms with Crippen LogP contribution in [-0.4, -0.2) is 29.8 Å². The minimum atomic E-state index is -0.723. The second-order valence-corrected chi connectivity index (χ2v) is 3.24. The number of urea groups is 1. The van der Waals surface area contributed by atoms with Crippen LogP contribution in [-0.2, 0) is 9.59 Å². The van der Waals surface area contributed by atoms with Gasteiger partial charge < -0.3 is 4.42 Å². The van der Waals surface area contributed by atoms with E-state index in [9.17, 15) is 14.4 Å². The summed E-state index contributed by atoms with van der Waals surface area (Å²) in [5.41, 5.74) is 0.491. The van der Waals surface area contributed by atoms with Gasteiger partial charge in [-0.25, -0.2) is 4.79 Å². The van der Waals surface area contributed by atoms with Crippen molar-refractivity contribution >= 4 is 23.9 Å². The van der Waals surface area contributed by atoms with Crippen molar-refractivity contribution in [3.05, 3.63) is 29.7 Å². The number of nitrogens with zero attached hydrogens (tertiary/aromatic N) is 1. The zero-order chi connectivity index (χ0) is 11.7. The highest BCUT2D eigenvalue weighted by Gasteiger charge is 2.32. The van der Waals surface area contributed by atoms with Crippen molar-refractivity contribution in [1.82, 2.24) is 10.2 Å². The van der Waals surface area contributed by atoms with Gasteiger partial charge in [-0.1, -0.05) is 0 Å². The molecule has 0 aromatic carbocycles. The molecule has 16 heavy (non-hydrogen) atoms. The SMILES string of the molecule is CN1C(=O)NC(=O)C(=Cc2ccoc2)C1=O. The van der Waals surface area contributed by atoms with E-state index in [0.29, 0.717) is 5.56 Å². The lowest BCUT2D eigenvalue weighted by molar-refractivity contribution is -0.129. The first-order valence-corrected chi connectivity index (χ1v) is 4.47. The van der Waals surface area contributed by atoms with Crippen LogP contribution in [0.5, 0.6) is 0 Å². The van der Waals surface area contributed by atoms with E-state index in [1.807, 2.05) is 0 Å². The Morgan fingerprint density at radius 3 is 2.75 bits per heavy atom. The third-order valence-corrected chi connectivity index (χ3v) is 2.16. The van der Waals surface area contributed by atoms with Crippen LogP contribution >= 0.6 is 0 Å². The zero-order valence-corrected chi connectivity index (χ0v) is 8.39. The minimum absolute atomic E-state index is 0.0940. The molecule has 0 spiro atoms. The van der Waals surface area contributed by atoms with E-state index in [-0.39, 0.29) is 5.57 Å². The molecule has 6 nitrogen and oxygen atoms in total. The number of barbiturate groups is 1. The molecule has 1 N–H and O–H groups in total. The van der Waals surface area contributed by atoms with Gasteiger partial charge in [-0.15, -0.1) is 0 Å². The Morgan fingerprint density at radius 2 is 2.12 bits per heavy atom. The first-order valence-electron chi connectivity index (χ1n) is 4.47. The van der Waals surface area contributed by atoms with Gasteiger partial charge >= 0.3 is 6.03 Å². The largest absolute Gasteiger partial charge is 0.472 e. The van der Waals surface area contributed by atoms with Crippen LogP contribution < -0.4 is 5.32 Å². The van der Waals surface area contributed by atoms with Crippen molar-refractivity contribution in [2.45, 2.75) is 0 Å². The van der Waals surface area contributed by atoms with Gasteiger partial charge in [-0.2, -0.15) is 0 Å². The first-order chi connectivity index (χ1) is 7.59. The molecule has 4 amide bonds. The molecule has 2 rings (SSSR count). The predicted octanol–water partition coefficient (Wildman–Crippen LogP) is 0.371. The van der Waals surface area contributed by atoms with Crippen LogP contribution in [0.3, 0.4) is 0 Å². The van der Waals surface area contributed by atoms with Crippen molar-refractivity contribution in [2.24, 2.45) is 0 Å². The van der Waals surface area contributed by atoms with Gasteiger partial charge in [-0.3, -0.25) is 19.8 Å². The molecule has 1 aromatic rings. The van der Waals surface area contributed by atoms with Gasteiger partial charge in [0.15, 0.2) is 0 Å². The fourth-order valence-corrected chi connectivity index (χ4v) is 1.27. The Bertz CT molecular complexity index is 487. The average molecular weight is 220 g/mol. The number of hydrogen-bond acceptors (Lipinski definition) is 4. The summed E-state index contributed by atoms with van der Waals surface area (Å²) in [6, 6.07) is 0.878. The van der Waals surface area contributed by atoms with Crippen LogP contribution in [0.25, 0.3) is 6.08 Å². The predicted molar refractivity (Wildman–Crippen MR) is 53.0 cm³/mol. The number of amides is 4. The number of carbonyl (C=O) groups is 3. The van der Waals surface area contributed by atoms with E-state index >= 15 is 0 Å². The summed E-state index contributed by atoms with van der Waals surface area (Å²) in [6.45, 7) is 0. The smallest absolute Gasteiger partial charge is 0.331 e. The summed E-state index contributed by atoms with van der Waals surface area (Å²) in [6.07, 6.45) is 4.18. The molecule has 1 saturated heterocycles. The number of imide groups is 2. The second kappa shape index (κ2) is 3.65. The lowest BCUT2D eigenvalue weighted by Gasteiger charge is -2.22. The summed E-state index contributed by atoms with van der Waals surface area (Å²) >= 11 is 0. The van der Waals surface area contributed by atoms with E-state index in [1.54, 1.807) is 6.07 Å². The third kappa shape index (κ3) is 1.60. The van der Waals surface area contributed by atoms with Crippen LogP contribution in [0.1, 0.15) is 5.56 Å². The maximum absolute atomic E-state index is 11.6. The highest BCUT2D eigenvalue weighted by molar-refractivity contribution is 6.30. The molecule has 0 unspecified atom stereocenters. The van der Waals surface area contributed by atoms with E-state index in [4.69, 9.17) is 4.42 Å². The Kier molecular flexibility index (Phi) is 2.32.